The second kappa shape index (κ2) is 6.14. The lowest BCUT2D eigenvalue weighted by Crippen LogP contribution is -2.04. The van der Waals surface area contributed by atoms with Crippen molar-refractivity contribution in [2.45, 2.75) is 6.18 Å². The largest absolute Gasteiger partial charge is 0.416 e. The number of hydrogen-bond acceptors (Lipinski definition) is 4. The van der Waals surface area contributed by atoms with Crippen LogP contribution in [0, 0.1) is 0 Å². The number of nitrogens with one attached hydrogen (secondary N) is 1. The molecule has 8 heteroatoms. The smallest absolute Gasteiger partial charge is 0.333 e. The fourth-order valence-corrected chi connectivity index (χ4v) is 2.53. The van der Waals surface area contributed by atoms with E-state index in [1.165, 1.54) is 12.1 Å². The van der Waals surface area contributed by atoms with Crippen LogP contribution in [0.3, 0.4) is 0 Å². The zero-order chi connectivity index (χ0) is 18.1. The molecule has 0 radical (unpaired) electrons. The highest BCUT2D eigenvalue weighted by molar-refractivity contribution is 5.76. The summed E-state index contributed by atoms with van der Waals surface area (Å²) in [6, 6.07) is 14.1. The molecule has 0 aliphatic heterocycles. The molecule has 0 fully saturated rings. The van der Waals surface area contributed by atoms with Crippen molar-refractivity contribution in [1.82, 2.24) is 20.3 Å². The van der Waals surface area contributed by atoms with E-state index in [0.29, 0.717) is 16.8 Å². The number of rotatable bonds is 3. The summed E-state index contributed by atoms with van der Waals surface area (Å²) < 4.78 is 43.3. The summed E-state index contributed by atoms with van der Waals surface area (Å²) in [5.74, 6) is 0.432. The highest BCUT2D eigenvalue weighted by atomic mass is 19.4. The van der Waals surface area contributed by atoms with E-state index in [9.17, 15) is 13.2 Å². The van der Waals surface area contributed by atoms with Crippen LogP contribution in [-0.2, 0) is 6.18 Å². The Hall–Kier alpha value is -3.42. The molecule has 130 valence electrons. The molecule has 0 spiro atoms. The van der Waals surface area contributed by atoms with Crippen LogP contribution in [0.2, 0.25) is 0 Å². The SMILES string of the molecule is FC(F)(F)c1ccc(-c2noc(-c3cn[nH]c3-c3ccccc3)n2)cc1. The van der Waals surface area contributed by atoms with Gasteiger partial charge in [0.25, 0.3) is 5.89 Å². The topological polar surface area (TPSA) is 67.6 Å². The minimum atomic E-state index is -4.39. The summed E-state index contributed by atoms with van der Waals surface area (Å²) in [4.78, 5) is 4.28. The molecule has 2 heterocycles. The van der Waals surface area contributed by atoms with Crippen LogP contribution in [0.1, 0.15) is 5.56 Å². The third kappa shape index (κ3) is 2.97. The molecule has 1 N–H and O–H groups in total. The van der Waals surface area contributed by atoms with Crippen molar-refractivity contribution in [1.29, 1.82) is 0 Å². The number of H-pyrrole nitrogens is 1. The second-order valence-electron chi connectivity index (χ2n) is 5.52. The summed E-state index contributed by atoms with van der Waals surface area (Å²) in [5, 5.41) is 10.8. The number of benzene rings is 2. The quantitative estimate of drug-likeness (QED) is 0.572. The van der Waals surface area contributed by atoms with Crippen molar-refractivity contribution in [3.05, 3.63) is 66.4 Å². The molecule has 0 aliphatic rings. The minimum Gasteiger partial charge on any atom is -0.333 e. The molecule has 0 saturated carbocycles. The van der Waals surface area contributed by atoms with Crippen LogP contribution in [0.25, 0.3) is 34.1 Å². The van der Waals surface area contributed by atoms with Gasteiger partial charge in [-0.2, -0.15) is 23.3 Å². The van der Waals surface area contributed by atoms with E-state index in [1.807, 2.05) is 30.3 Å². The minimum absolute atomic E-state index is 0.203. The molecule has 0 bridgehead atoms. The molecular formula is C18H11F3N4O. The van der Waals surface area contributed by atoms with Gasteiger partial charge in [0.05, 0.1) is 23.0 Å². The van der Waals surface area contributed by atoms with Crippen molar-refractivity contribution in [3.63, 3.8) is 0 Å². The molecule has 26 heavy (non-hydrogen) atoms. The van der Waals surface area contributed by atoms with Gasteiger partial charge in [0, 0.05) is 11.1 Å². The maximum Gasteiger partial charge on any atom is 0.416 e. The first kappa shape index (κ1) is 16.1. The molecule has 4 rings (SSSR count). The lowest BCUT2D eigenvalue weighted by molar-refractivity contribution is -0.137. The van der Waals surface area contributed by atoms with Crippen molar-refractivity contribution < 1.29 is 17.7 Å². The highest BCUT2D eigenvalue weighted by Gasteiger charge is 2.30. The standard InChI is InChI=1S/C18H11F3N4O/c19-18(20,21)13-8-6-12(7-9-13)16-23-17(26-25-16)14-10-22-24-15(14)11-4-2-1-3-5-11/h1-10H,(H,22,24). The van der Waals surface area contributed by atoms with Crippen LogP contribution in [0.4, 0.5) is 13.2 Å². The van der Waals surface area contributed by atoms with Gasteiger partial charge in [-0.05, 0) is 12.1 Å². The normalized spacial score (nSPS) is 11.7. The van der Waals surface area contributed by atoms with Gasteiger partial charge in [-0.25, -0.2) is 0 Å². The first-order valence-electron chi connectivity index (χ1n) is 7.63. The van der Waals surface area contributed by atoms with Crippen LogP contribution in [-0.4, -0.2) is 20.3 Å². The molecule has 0 amide bonds. The Morgan fingerprint density at radius 1 is 0.885 bits per heavy atom. The summed E-state index contributed by atoms with van der Waals surface area (Å²) in [5.41, 5.74) is 1.92. The zero-order valence-corrected chi connectivity index (χ0v) is 13.2. The number of aromatic amines is 1. The van der Waals surface area contributed by atoms with E-state index in [4.69, 9.17) is 4.52 Å². The Bertz CT molecular complexity index is 1020. The van der Waals surface area contributed by atoms with Gasteiger partial charge in [0.15, 0.2) is 0 Å². The Kier molecular flexibility index (Phi) is 3.80. The molecule has 0 unspecified atom stereocenters. The second-order valence-corrected chi connectivity index (χ2v) is 5.52. The lowest BCUT2D eigenvalue weighted by atomic mass is 10.1. The predicted molar refractivity (Wildman–Crippen MR) is 87.8 cm³/mol. The van der Waals surface area contributed by atoms with Gasteiger partial charge < -0.3 is 4.52 Å². The van der Waals surface area contributed by atoms with Gasteiger partial charge in [0.2, 0.25) is 5.82 Å². The summed E-state index contributed by atoms with van der Waals surface area (Å²) in [6.45, 7) is 0. The summed E-state index contributed by atoms with van der Waals surface area (Å²) in [7, 11) is 0. The number of halogens is 3. The molecule has 0 aliphatic carbocycles. The molecule has 0 saturated heterocycles. The van der Waals surface area contributed by atoms with E-state index < -0.39 is 11.7 Å². The Labute approximate surface area is 145 Å². The van der Waals surface area contributed by atoms with Crippen LogP contribution >= 0.6 is 0 Å². The van der Waals surface area contributed by atoms with Crippen molar-refractivity contribution in [2.75, 3.05) is 0 Å². The molecule has 4 aromatic rings. The summed E-state index contributed by atoms with van der Waals surface area (Å²) >= 11 is 0. The van der Waals surface area contributed by atoms with E-state index in [0.717, 1.165) is 17.7 Å². The lowest BCUT2D eigenvalue weighted by Gasteiger charge is -2.05. The molecular weight excluding hydrogens is 345 g/mol. The predicted octanol–water partition coefficient (Wildman–Crippen LogP) is 4.81. The van der Waals surface area contributed by atoms with E-state index >= 15 is 0 Å². The average Bonchev–Trinajstić information content (AvgIpc) is 3.31. The Balaban J connectivity index is 1.67. The van der Waals surface area contributed by atoms with Crippen molar-refractivity contribution >= 4 is 0 Å². The number of hydrogen-bond donors (Lipinski definition) is 1. The van der Waals surface area contributed by atoms with Crippen LogP contribution in [0.15, 0.2) is 65.3 Å². The van der Waals surface area contributed by atoms with Gasteiger partial charge in [-0.1, -0.05) is 47.6 Å². The van der Waals surface area contributed by atoms with Gasteiger partial charge >= 0.3 is 6.18 Å². The maximum absolute atomic E-state index is 12.7. The number of aromatic nitrogens is 4. The first-order valence-corrected chi connectivity index (χ1v) is 7.63. The molecule has 2 aromatic heterocycles. The molecule has 5 nitrogen and oxygen atoms in total. The van der Waals surface area contributed by atoms with Crippen LogP contribution < -0.4 is 0 Å². The summed E-state index contributed by atoms with van der Waals surface area (Å²) in [6.07, 6.45) is -2.82. The van der Waals surface area contributed by atoms with Crippen molar-refractivity contribution in [3.8, 4) is 34.1 Å². The van der Waals surface area contributed by atoms with E-state index in [2.05, 4.69) is 20.3 Å². The highest BCUT2D eigenvalue weighted by Crippen LogP contribution is 2.32. The maximum atomic E-state index is 12.7. The van der Waals surface area contributed by atoms with E-state index in [-0.39, 0.29) is 11.7 Å². The van der Waals surface area contributed by atoms with Gasteiger partial charge in [0.1, 0.15) is 0 Å². The van der Waals surface area contributed by atoms with Gasteiger partial charge in [-0.15, -0.1) is 0 Å². The molecule has 2 aromatic carbocycles. The third-order valence-electron chi connectivity index (χ3n) is 3.83. The zero-order valence-electron chi connectivity index (χ0n) is 13.2. The number of alkyl halides is 3. The van der Waals surface area contributed by atoms with E-state index in [1.54, 1.807) is 6.20 Å². The molecule has 0 atom stereocenters. The fraction of sp³-hybridized carbons (Fsp3) is 0.0556. The fourth-order valence-electron chi connectivity index (χ4n) is 2.53. The van der Waals surface area contributed by atoms with Crippen molar-refractivity contribution in [2.24, 2.45) is 0 Å². The Morgan fingerprint density at radius 3 is 2.31 bits per heavy atom. The average molecular weight is 356 g/mol. The third-order valence-corrected chi connectivity index (χ3v) is 3.83. The Morgan fingerprint density at radius 2 is 1.62 bits per heavy atom. The monoisotopic (exact) mass is 356 g/mol. The van der Waals surface area contributed by atoms with Crippen LogP contribution in [0.5, 0.6) is 0 Å². The first-order chi connectivity index (χ1) is 12.5. The van der Waals surface area contributed by atoms with Gasteiger partial charge in [-0.3, -0.25) is 5.10 Å². The number of nitrogens with zero attached hydrogens (tertiary/aromatic N) is 3.